The number of hydrogen-bond acceptors (Lipinski definition) is 3. The minimum Gasteiger partial charge on any atom is -0.459 e. The maximum atomic E-state index is 13.9. The first kappa shape index (κ1) is 12.8. The lowest BCUT2D eigenvalue weighted by Gasteiger charge is -2.13. The topological polar surface area (TPSA) is 38.1 Å². The van der Waals surface area contributed by atoms with Crippen molar-refractivity contribution in [2.75, 3.05) is 7.05 Å². The maximum Gasteiger partial charge on any atom is 0.146 e. The zero-order chi connectivity index (χ0) is 14.1. The molecule has 1 aromatic carbocycles. The van der Waals surface area contributed by atoms with Gasteiger partial charge in [0.15, 0.2) is 0 Å². The predicted molar refractivity (Wildman–Crippen MR) is 76.0 cm³/mol. The lowest BCUT2D eigenvalue weighted by molar-refractivity contribution is 0.467. The van der Waals surface area contributed by atoms with Crippen molar-refractivity contribution in [3.8, 4) is 0 Å². The molecule has 2 aromatic heterocycles. The van der Waals surface area contributed by atoms with Gasteiger partial charge in [0.05, 0.1) is 0 Å². The number of pyridine rings is 1. The Labute approximate surface area is 116 Å². The third-order valence-electron chi connectivity index (χ3n) is 3.39. The van der Waals surface area contributed by atoms with Crippen LogP contribution in [0.25, 0.3) is 11.0 Å². The summed E-state index contributed by atoms with van der Waals surface area (Å²) in [7, 11) is 1.76. The van der Waals surface area contributed by atoms with E-state index in [-0.39, 0.29) is 5.82 Å². The normalized spacial score (nSPS) is 12.8. The molecular formula is C16H15FN2O. The fourth-order valence-electron chi connectivity index (χ4n) is 2.40. The molecule has 1 N–H and O–H groups in total. The summed E-state index contributed by atoms with van der Waals surface area (Å²) >= 11 is 0. The number of fused-ring (bicyclic) bond motifs is 1. The van der Waals surface area contributed by atoms with Crippen LogP contribution in [0.15, 0.2) is 47.0 Å². The Hall–Kier alpha value is -2.20. The molecular weight excluding hydrogens is 255 g/mol. The summed E-state index contributed by atoms with van der Waals surface area (Å²) in [4.78, 5) is 4.12. The predicted octanol–water partition coefficient (Wildman–Crippen LogP) is 3.58. The van der Waals surface area contributed by atoms with E-state index in [9.17, 15) is 4.39 Å². The summed E-state index contributed by atoms with van der Waals surface area (Å²) in [5, 5.41) is 4.07. The Balaban J connectivity index is 2.12. The Morgan fingerprint density at radius 3 is 2.80 bits per heavy atom. The van der Waals surface area contributed by atoms with E-state index in [4.69, 9.17) is 4.42 Å². The number of nitrogens with zero attached hydrogens (tertiary/aromatic N) is 1. The van der Waals surface area contributed by atoms with Gasteiger partial charge in [-0.05, 0) is 37.7 Å². The van der Waals surface area contributed by atoms with Gasteiger partial charge in [-0.1, -0.05) is 18.2 Å². The van der Waals surface area contributed by atoms with Gasteiger partial charge in [0.1, 0.15) is 28.9 Å². The number of halogens is 1. The lowest BCUT2D eigenvalue weighted by atomic mass is 10.1. The van der Waals surface area contributed by atoms with Gasteiger partial charge in [-0.2, -0.15) is 0 Å². The molecule has 4 heteroatoms. The molecule has 2 heterocycles. The van der Waals surface area contributed by atoms with Crippen LogP contribution < -0.4 is 5.32 Å². The molecule has 0 aliphatic heterocycles. The van der Waals surface area contributed by atoms with E-state index < -0.39 is 6.04 Å². The standard InChI is InChI=1S/C16H15FN2O/c1-10-5-3-6-11-9-13(20-16(10)11)15(18-2)14-12(17)7-4-8-19-14/h3-9,15,18H,1-2H3. The van der Waals surface area contributed by atoms with Crippen molar-refractivity contribution in [1.82, 2.24) is 10.3 Å². The highest BCUT2D eigenvalue weighted by Crippen LogP contribution is 2.29. The third-order valence-corrected chi connectivity index (χ3v) is 3.39. The second-order valence-corrected chi connectivity index (χ2v) is 4.73. The highest BCUT2D eigenvalue weighted by atomic mass is 19.1. The van der Waals surface area contributed by atoms with Crippen LogP contribution in [-0.2, 0) is 0 Å². The van der Waals surface area contributed by atoms with Crippen LogP contribution in [0.3, 0.4) is 0 Å². The van der Waals surface area contributed by atoms with Crippen molar-refractivity contribution >= 4 is 11.0 Å². The molecule has 3 aromatic rings. The van der Waals surface area contributed by atoms with Gasteiger partial charge in [-0.3, -0.25) is 4.98 Å². The maximum absolute atomic E-state index is 13.9. The molecule has 0 spiro atoms. The SMILES string of the molecule is CNC(c1cc2cccc(C)c2o1)c1ncccc1F. The van der Waals surface area contributed by atoms with Crippen molar-refractivity contribution in [1.29, 1.82) is 0 Å². The van der Waals surface area contributed by atoms with E-state index in [0.29, 0.717) is 11.5 Å². The second kappa shape index (κ2) is 5.06. The molecule has 0 amide bonds. The van der Waals surface area contributed by atoms with Gasteiger partial charge in [0.25, 0.3) is 0 Å². The molecule has 0 radical (unpaired) electrons. The molecule has 0 aliphatic rings. The molecule has 0 fully saturated rings. The summed E-state index contributed by atoms with van der Waals surface area (Å²) in [5.74, 6) is 0.318. The largest absolute Gasteiger partial charge is 0.459 e. The van der Waals surface area contributed by atoms with Crippen LogP contribution in [0.4, 0.5) is 4.39 Å². The average Bonchev–Trinajstić information content (AvgIpc) is 2.87. The number of aromatic nitrogens is 1. The molecule has 0 saturated heterocycles. The first-order valence-electron chi connectivity index (χ1n) is 6.47. The quantitative estimate of drug-likeness (QED) is 0.790. The molecule has 1 unspecified atom stereocenters. The fourth-order valence-corrected chi connectivity index (χ4v) is 2.40. The number of para-hydroxylation sites is 1. The van der Waals surface area contributed by atoms with Gasteiger partial charge in [-0.15, -0.1) is 0 Å². The molecule has 0 aliphatic carbocycles. The Morgan fingerprint density at radius 2 is 2.10 bits per heavy atom. The van der Waals surface area contributed by atoms with Crippen LogP contribution in [0.5, 0.6) is 0 Å². The smallest absolute Gasteiger partial charge is 0.146 e. The van der Waals surface area contributed by atoms with Gasteiger partial charge < -0.3 is 9.73 Å². The Bertz CT molecular complexity index is 751. The number of hydrogen-bond donors (Lipinski definition) is 1. The molecule has 0 bridgehead atoms. The monoisotopic (exact) mass is 270 g/mol. The highest BCUT2D eigenvalue weighted by Gasteiger charge is 2.21. The highest BCUT2D eigenvalue weighted by molar-refractivity contribution is 5.81. The molecule has 1 atom stereocenters. The van der Waals surface area contributed by atoms with Crippen LogP contribution in [0.1, 0.15) is 23.1 Å². The molecule has 20 heavy (non-hydrogen) atoms. The first-order chi connectivity index (χ1) is 9.70. The van der Waals surface area contributed by atoms with Gasteiger partial charge in [0, 0.05) is 11.6 Å². The minimum atomic E-state index is -0.400. The minimum absolute atomic E-state index is 0.340. The van der Waals surface area contributed by atoms with Crippen molar-refractivity contribution < 1.29 is 8.81 Å². The number of furan rings is 1. The summed E-state index contributed by atoms with van der Waals surface area (Å²) < 4.78 is 19.8. The Kier molecular flexibility index (Phi) is 3.24. The van der Waals surface area contributed by atoms with E-state index >= 15 is 0 Å². The number of nitrogens with one attached hydrogen (secondary N) is 1. The van der Waals surface area contributed by atoms with E-state index in [1.165, 1.54) is 6.07 Å². The zero-order valence-corrected chi connectivity index (χ0v) is 11.4. The summed E-state index contributed by atoms with van der Waals surface area (Å²) in [6, 6.07) is 10.5. The van der Waals surface area contributed by atoms with Gasteiger partial charge in [-0.25, -0.2) is 4.39 Å². The van der Waals surface area contributed by atoms with Crippen molar-refractivity contribution in [2.24, 2.45) is 0 Å². The lowest BCUT2D eigenvalue weighted by Crippen LogP contribution is -2.19. The summed E-state index contributed by atoms with van der Waals surface area (Å²) in [6.45, 7) is 1.99. The van der Waals surface area contributed by atoms with E-state index in [1.807, 2.05) is 31.2 Å². The van der Waals surface area contributed by atoms with Crippen LogP contribution in [0.2, 0.25) is 0 Å². The number of benzene rings is 1. The summed E-state index contributed by atoms with van der Waals surface area (Å²) in [5.41, 5.74) is 2.23. The molecule has 3 rings (SSSR count). The fraction of sp³-hybridized carbons (Fsp3) is 0.188. The van der Waals surface area contributed by atoms with Crippen molar-refractivity contribution in [3.05, 3.63) is 65.4 Å². The number of rotatable bonds is 3. The van der Waals surface area contributed by atoms with Crippen LogP contribution >= 0.6 is 0 Å². The first-order valence-corrected chi connectivity index (χ1v) is 6.47. The van der Waals surface area contributed by atoms with Crippen LogP contribution in [0, 0.1) is 12.7 Å². The number of aryl methyl sites for hydroxylation is 1. The van der Waals surface area contributed by atoms with Crippen LogP contribution in [-0.4, -0.2) is 12.0 Å². The molecule has 0 saturated carbocycles. The third kappa shape index (κ3) is 2.08. The van der Waals surface area contributed by atoms with Gasteiger partial charge >= 0.3 is 0 Å². The van der Waals surface area contributed by atoms with E-state index in [2.05, 4.69) is 10.3 Å². The second-order valence-electron chi connectivity index (χ2n) is 4.73. The Morgan fingerprint density at radius 1 is 1.25 bits per heavy atom. The van der Waals surface area contributed by atoms with E-state index in [0.717, 1.165) is 16.5 Å². The van der Waals surface area contributed by atoms with Crippen molar-refractivity contribution in [2.45, 2.75) is 13.0 Å². The molecule has 102 valence electrons. The van der Waals surface area contributed by atoms with Gasteiger partial charge in [0.2, 0.25) is 0 Å². The van der Waals surface area contributed by atoms with Crippen molar-refractivity contribution in [3.63, 3.8) is 0 Å². The average molecular weight is 270 g/mol. The zero-order valence-electron chi connectivity index (χ0n) is 11.4. The summed E-state index contributed by atoms with van der Waals surface area (Å²) in [6.07, 6.45) is 1.58. The molecule has 3 nitrogen and oxygen atoms in total. The van der Waals surface area contributed by atoms with E-state index in [1.54, 1.807) is 19.3 Å².